The molecule has 0 aliphatic heterocycles. The van der Waals surface area contributed by atoms with Crippen LogP contribution >= 0.6 is 7.60 Å². The molecule has 25 heavy (non-hydrogen) atoms. The third kappa shape index (κ3) is 5.06. The van der Waals surface area contributed by atoms with Crippen LogP contribution < -0.4 is 15.8 Å². The SMILES string of the molecule is CCCCc1ccc(S(=O)(=O)Nc2ccc(N)cc2P(=O)(O)O)cc1. The van der Waals surface area contributed by atoms with E-state index in [0.29, 0.717) is 0 Å². The molecule has 0 aliphatic rings. The summed E-state index contributed by atoms with van der Waals surface area (Å²) < 4.78 is 38.8. The van der Waals surface area contributed by atoms with E-state index in [-0.39, 0.29) is 16.3 Å². The number of benzene rings is 2. The quantitative estimate of drug-likeness (QED) is 0.428. The lowest BCUT2D eigenvalue weighted by atomic mass is 10.1. The molecule has 0 aliphatic carbocycles. The molecule has 0 saturated carbocycles. The van der Waals surface area contributed by atoms with Gasteiger partial charge >= 0.3 is 7.60 Å². The first kappa shape index (κ1) is 19.5. The van der Waals surface area contributed by atoms with Gasteiger partial charge in [-0.3, -0.25) is 9.29 Å². The van der Waals surface area contributed by atoms with Crippen LogP contribution in [0.25, 0.3) is 0 Å². The molecule has 5 N–H and O–H groups in total. The van der Waals surface area contributed by atoms with Crippen molar-refractivity contribution < 1.29 is 22.8 Å². The lowest BCUT2D eigenvalue weighted by molar-refractivity contribution is 0.387. The maximum atomic E-state index is 12.5. The highest BCUT2D eigenvalue weighted by atomic mass is 32.2. The molecule has 0 radical (unpaired) electrons. The Balaban J connectivity index is 2.32. The normalized spacial score (nSPS) is 12.1. The zero-order chi connectivity index (χ0) is 18.7. The molecule has 0 heterocycles. The van der Waals surface area contributed by atoms with Crippen LogP contribution in [0.3, 0.4) is 0 Å². The van der Waals surface area contributed by atoms with Gasteiger partial charge in [0, 0.05) is 5.69 Å². The van der Waals surface area contributed by atoms with Crippen LogP contribution in [-0.4, -0.2) is 18.2 Å². The van der Waals surface area contributed by atoms with Crippen LogP contribution in [-0.2, 0) is 21.0 Å². The number of hydrogen-bond acceptors (Lipinski definition) is 4. The summed E-state index contributed by atoms with van der Waals surface area (Å²) in [5.41, 5.74) is 6.50. The Hall–Kier alpha value is -1.86. The van der Waals surface area contributed by atoms with Crippen LogP contribution in [0.5, 0.6) is 0 Å². The van der Waals surface area contributed by atoms with Gasteiger partial charge in [0.05, 0.1) is 15.9 Å². The largest absolute Gasteiger partial charge is 0.399 e. The second kappa shape index (κ2) is 7.58. The Kier molecular flexibility index (Phi) is 5.90. The molecule has 2 aromatic carbocycles. The Morgan fingerprint density at radius 2 is 1.76 bits per heavy atom. The van der Waals surface area contributed by atoms with E-state index >= 15 is 0 Å². The van der Waals surface area contributed by atoms with Gasteiger partial charge in [-0.25, -0.2) is 8.42 Å². The molecule has 2 rings (SSSR count). The van der Waals surface area contributed by atoms with Gasteiger partial charge in [0.2, 0.25) is 0 Å². The van der Waals surface area contributed by atoms with E-state index in [9.17, 15) is 22.8 Å². The molecule has 0 aromatic heterocycles. The second-order valence-electron chi connectivity index (χ2n) is 5.67. The van der Waals surface area contributed by atoms with E-state index in [4.69, 9.17) is 5.73 Å². The summed E-state index contributed by atoms with van der Waals surface area (Å²) in [4.78, 5) is 18.8. The highest BCUT2D eigenvalue weighted by molar-refractivity contribution is 7.92. The zero-order valence-electron chi connectivity index (χ0n) is 13.7. The number of nitrogen functional groups attached to an aromatic ring is 1. The minimum atomic E-state index is -4.69. The van der Waals surface area contributed by atoms with Gasteiger partial charge in [-0.1, -0.05) is 25.5 Å². The van der Waals surface area contributed by atoms with E-state index in [1.165, 1.54) is 24.3 Å². The van der Waals surface area contributed by atoms with Gasteiger partial charge in [0.1, 0.15) is 0 Å². The van der Waals surface area contributed by atoms with Crippen molar-refractivity contribution in [3.63, 3.8) is 0 Å². The first-order chi connectivity index (χ1) is 11.6. The Bertz CT molecular complexity index is 891. The Labute approximate surface area is 147 Å². The number of aryl methyl sites for hydroxylation is 1. The van der Waals surface area contributed by atoms with E-state index in [1.807, 2.05) is 0 Å². The summed E-state index contributed by atoms with van der Waals surface area (Å²) >= 11 is 0. The molecule has 0 amide bonds. The zero-order valence-corrected chi connectivity index (χ0v) is 15.4. The number of nitrogens with two attached hydrogens (primary N) is 1. The van der Waals surface area contributed by atoms with Crippen molar-refractivity contribution in [3.05, 3.63) is 48.0 Å². The number of hydrogen-bond donors (Lipinski definition) is 4. The van der Waals surface area contributed by atoms with Crippen molar-refractivity contribution in [2.75, 3.05) is 10.5 Å². The van der Waals surface area contributed by atoms with Crippen LogP contribution in [0, 0.1) is 0 Å². The smallest absolute Gasteiger partial charge is 0.358 e. The lowest BCUT2D eigenvalue weighted by Gasteiger charge is -2.14. The number of rotatable bonds is 7. The topological polar surface area (TPSA) is 130 Å². The summed E-state index contributed by atoms with van der Waals surface area (Å²) in [6.45, 7) is 2.08. The summed E-state index contributed by atoms with van der Waals surface area (Å²) in [6.07, 6.45) is 2.93. The molecule has 136 valence electrons. The highest BCUT2D eigenvalue weighted by Crippen LogP contribution is 2.37. The first-order valence-corrected chi connectivity index (χ1v) is 10.8. The molecule has 2 aromatic rings. The summed E-state index contributed by atoms with van der Waals surface area (Å²) in [5.74, 6) is 0. The molecular formula is C16H21N2O5PS. The molecule has 0 unspecified atom stereocenters. The van der Waals surface area contributed by atoms with E-state index in [0.717, 1.165) is 30.9 Å². The maximum Gasteiger partial charge on any atom is 0.358 e. The van der Waals surface area contributed by atoms with Gasteiger partial charge in [-0.2, -0.15) is 0 Å². The van der Waals surface area contributed by atoms with Crippen LogP contribution in [0.15, 0.2) is 47.4 Å². The molecule has 0 atom stereocenters. The summed E-state index contributed by atoms with van der Waals surface area (Å²) in [7, 11) is -8.67. The molecule has 0 saturated heterocycles. The van der Waals surface area contributed by atoms with Gasteiger partial charge in [-0.05, 0) is 48.7 Å². The van der Waals surface area contributed by atoms with Crippen molar-refractivity contribution >= 4 is 34.3 Å². The molecular weight excluding hydrogens is 363 g/mol. The number of nitrogens with one attached hydrogen (secondary N) is 1. The Morgan fingerprint density at radius 1 is 1.12 bits per heavy atom. The fourth-order valence-corrected chi connectivity index (χ4v) is 4.21. The van der Waals surface area contributed by atoms with Gasteiger partial charge in [-0.15, -0.1) is 0 Å². The van der Waals surface area contributed by atoms with E-state index < -0.39 is 22.9 Å². The Morgan fingerprint density at radius 3 is 2.32 bits per heavy atom. The van der Waals surface area contributed by atoms with Crippen molar-refractivity contribution in [1.82, 2.24) is 0 Å². The number of unbranched alkanes of at least 4 members (excludes halogenated alkanes) is 1. The number of sulfonamides is 1. The van der Waals surface area contributed by atoms with Crippen molar-refractivity contribution in [3.8, 4) is 0 Å². The molecule has 7 nitrogen and oxygen atoms in total. The van der Waals surface area contributed by atoms with E-state index in [2.05, 4.69) is 11.6 Å². The minimum Gasteiger partial charge on any atom is -0.399 e. The van der Waals surface area contributed by atoms with E-state index in [1.54, 1.807) is 12.1 Å². The van der Waals surface area contributed by atoms with Crippen LogP contribution in [0.2, 0.25) is 0 Å². The predicted molar refractivity (Wildman–Crippen MR) is 98.4 cm³/mol. The highest BCUT2D eigenvalue weighted by Gasteiger charge is 2.25. The fourth-order valence-electron chi connectivity index (χ4n) is 2.30. The third-order valence-corrected chi connectivity index (χ3v) is 6.01. The third-order valence-electron chi connectivity index (χ3n) is 3.63. The van der Waals surface area contributed by atoms with Crippen molar-refractivity contribution in [2.24, 2.45) is 0 Å². The predicted octanol–water partition coefficient (Wildman–Crippen LogP) is 2.22. The standard InChI is InChI=1S/C16H21N2O5PS/c1-2-3-4-12-5-8-14(9-6-12)25(22,23)18-15-10-7-13(17)11-16(15)24(19,20)21/h5-11,18H,2-4,17H2,1H3,(H2,19,20,21). The fraction of sp³-hybridized carbons (Fsp3) is 0.250. The van der Waals surface area contributed by atoms with Crippen molar-refractivity contribution in [2.45, 2.75) is 31.1 Å². The lowest BCUT2D eigenvalue weighted by Crippen LogP contribution is -2.19. The second-order valence-corrected chi connectivity index (χ2v) is 8.93. The minimum absolute atomic E-state index is 0.0150. The molecule has 9 heteroatoms. The van der Waals surface area contributed by atoms with Gasteiger partial charge in [0.25, 0.3) is 10.0 Å². The summed E-state index contributed by atoms with van der Waals surface area (Å²) in [5, 5.41) is -0.462. The average Bonchev–Trinajstić information content (AvgIpc) is 2.54. The number of anilines is 2. The molecule has 0 bridgehead atoms. The van der Waals surface area contributed by atoms with Crippen LogP contribution in [0.4, 0.5) is 11.4 Å². The van der Waals surface area contributed by atoms with Crippen LogP contribution in [0.1, 0.15) is 25.3 Å². The van der Waals surface area contributed by atoms with Gasteiger partial charge < -0.3 is 15.5 Å². The molecule has 0 spiro atoms. The average molecular weight is 384 g/mol. The maximum absolute atomic E-state index is 12.5. The van der Waals surface area contributed by atoms with Gasteiger partial charge in [0.15, 0.2) is 0 Å². The van der Waals surface area contributed by atoms with Crippen molar-refractivity contribution in [1.29, 1.82) is 0 Å². The molecule has 0 fully saturated rings. The monoisotopic (exact) mass is 384 g/mol. The first-order valence-electron chi connectivity index (χ1n) is 7.71. The summed E-state index contributed by atoms with van der Waals surface area (Å²) in [6, 6.07) is 10.1.